The lowest BCUT2D eigenvalue weighted by atomic mass is 9.92. The molecule has 0 bridgehead atoms. The lowest BCUT2D eigenvalue weighted by Gasteiger charge is -2.43. The molecule has 2 aromatic rings. The van der Waals surface area contributed by atoms with Crippen LogP contribution in [0.25, 0.3) is 0 Å². The van der Waals surface area contributed by atoms with E-state index in [2.05, 4.69) is 10.1 Å². The number of carbonyl (C=O) groups excluding carboxylic acids is 1. The SMILES string of the molecule is Cc1nc(CSc2ccccc2C(=O)N2CCS(=O)(=O)[C@H]3CCCC[C@@H]32)no1. The van der Waals surface area contributed by atoms with Crippen molar-refractivity contribution in [2.45, 2.75) is 54.5 Å². The smallest absolute Gasteiger partial charge is 0.255 e. The molecule has 1 aromatic heterocycles. The Balaban J connectivity index is 1.56. The molecule has 150 valence electrons. The van der Waals surface area contributed by atoms with Gasteiger partial charge in [-0.2, -0.15) is 4.98 Å². The zero-order valence-electron chi connectivity index (χ0n) is 15.7. The fraction of sp³-hybridized carbons (Fsp3) is 0.526. The van der Waals surface area contributed by atoms with E-state index in [1.54, 1.807) is 11.8 Å². The third kappa shape index (κ3) is 3.82. The largest absolute Gasteiger partial charge is 0.340 e. The number of rotatable bonds is 4. The number of sulfone groups is 1. The van der Waals surface area contributed by atoms with Crippen LogP contribution in [0.1, 0.15) is 47.8 Å². The predicted molar refractivity (Wildman–Crippen MR) is 106 cm³/mol. The topological polar surface area (TPSA) is 93.4 Å². The molecule has 0 unspecified atom stereocenters. The number of hydrogen-bond donors (Lipinski definition) is 0. The maximum absolute atomic E-state index is 13.4. The normalized spacial score (nSPS) is 24.0. The van der Waals surface area contributed by atoms with Gasteiger partial charge in [-0.25, -0.2) is 8.42 Å². The molecular weight excluding hydrogens is 398 g/mol. The Bertz CT molecular complexity index is 973. The Morgan fingerprint density at radius 2 is 2.07 bits per heavy atom. The van der Waals surface area contributed by atoms with Crippen LogP contribution in [0.3, 0.4) is 0 Å². The molecule has 7 nitrogen and oxygen atoms in total. The zero-order chi connectivity index (χ0) is 19.7. The standard InChI is InChI=1S/C19H23N3O4S2/c1-13-20-18(21-26-13)12-27-16-8-4-2-6-14(16)19(23)22-10-11-28(24,25)17-9-5-3-7-15(17)22/h2,4,6,8,15,17H,3,5,7,9-12H2,1H3/t15-,17-/m0/s1. The van der Waals surface area contributed by atoms with Gasteiger partial charge in [0.25, 0.3) is 5.91 Å². The minimum Gasteiger partial charge on any atom is -0.340 e. The Morgan fingerprint density at radius 1 is 1.29 bits per heavy atom. The third-order valence-electron chi connectivity index (χ3n) is 5.45. The van der Waals surface area contributed by atoms with Gasteiger partial charge < -0.3 is 9.42 Å². The van der Waals surface area contributed by atoms with Crippen LogP contribution in [-0.2, 0) is 15.6 Å². The molecule has 2 fully saturated rings. The number of thioether (sulfide) groups is 1. The van der Waals surface area contributed by atoms with Crippen molar-refractivity contribution in [1.82, 2.24) is 15.0 Å². The predicted octanol–water partition coefficient (Wildman–Crippen LogP) is 2.85. The first-order valence-corrected chi connectivity index (χ1v) is 12.2. The van der Waals surface area contributed by atoms with Gasteiger partial charge in [0.2, 0.25) is 5.89 Å². The van der Waals surface area contributed by atoms with E-state index in [0.717, 1.165) is 24.2 Å². The van der Waals surface area contributed by atoms with E-state index in [1.165, 1.54) is 11.8 Å². The number of aromatic nitrogens is 2. The van der Waals surface area contributed by atoms with Gasteiger partial charge in [0, 0.05) is 24.4 Å². The summed E-state index contributed by atoms with van der Waals surface area (Å²) in [6.45, 7) is 2.01. The fourth-order valence-corrected chi connectivity index (χ4v) is 7.04. The lowest BCUT2D eigenvalue weighted by Crippen LogP contribution is -2.57. The van der Waals surface area contributed by atoms with Crippen LogP contribution in [0.2, 0.25) is 0 Å². The van der Waals surface area contributed by atoms with Gasteiger partial charge in [0.15, 0.2) is 15.7 Å². The number of carbonyl (C=O) groups is 1. The van der Waals surface area contributed by atoms with E-state index in [1.807, 2.05) is 24.3 Å². The number of amides is 1. The van der Waals surface area contributed by atoms with Crippen molar-refractivity contribution in [3.63, 3.8) is 0 Å². The number of hydrogen-bond acceptors (Lipinski definition) is 7. The van der Waals surface area contributed by atoms with Gasteiger partial charge >= 0.3 is 0 Å². The maximum Gasteiger partial charge on any atom is 0.255 e. The first-order valence-electron chi connectivity index (χ1n) is 9.49. The molecule has 1 saturated heterocycles. The molecule has 0 radical (unpaired) electrons. The van der Waals surface area contributed by atoms with E-state index >= 15 is 0 Å². The lowest BCUT2D eigenvalue weighted by molar-refractivity contribution is 0.0635. The van der Waals surface area contributed by atoms with Crippen LogP contribution < -0.4 is 0 Å². The van der Waals surface area contributed by atoms with Gasteiger partial charge in [-0.15, -0.1) is 11.8 Å². The number of fused-ring (bicyclic) bond motifs is 1. The van der Waals surface area contributed by atoms with Crippen molar-refractivity contribution in [3.8, 4) is 0 Å². The second-order valence-electron chi connectivity index (χ2n) is 7.27. The van der Waals surface area contributed by atoms with Gasteiger partial charge in [0.05, 0.1) is 22.3 Å². The minimum absolute atomic E-state index is 0.0529. The quantitative estimate of drug-likeness (QED) is 0.701. The van der Waals surface area contributed by atoms with Gasteiger partial charge in [0.1, 0.15) is 0 Å². The third-order valence-corrected chi connectivity index (χ3v) is 8.74. The molecule has 1 aromatic carbocycles. The highest BCUT2D eigenvalue weighted by Crippen LogP contribution is 2.34. The number of aryl methyl sites for hydroxylation is 1. The highest BCUT2D eigenvalue weighted by molar-refractivity contribution is 7.98. The van der Waals surface area contributed by atoms with Crippen molar-refractivity contribution in [2.24, 2.45) is 0 Å². The van der Waals surface area contributed by atoms with Crippen LogP contribution in [-0.4, -0.2) is 53.0 Å². The molecule has 0 spiro atoms. The summed E-state index contributed by atoms with van der Waals surface area (Å²) in [4.78, 5) is 20.2. The summed E-state index contributed by atoms with van der Waals surface area (Å²) in [6.07, 6.45) is 3.30. The van der Waals surface area contributed by atoms with E-state index in [0.29, 0.717) is 29.5 Å². The Hall–Kier alpha value is -1.87. The van der Waals surface area contributed by atoms with Gasteiger partial charge in [-0.3, -0.25) is 4.79 Å². The van der Waals surface area contributed by atoms with Crippen molar-refractivity contribution < 1.29 is 17.7 Å². The van der Waals surface area contributed by atoms with Crippen molar-refractivity contribution in [2.75, 3.05) is 12.3 Å². The molecule has 2 heterocycles. The van der Waals surface area contributed by atoms with E-state index in [4.69, 9.17) is 4.52 Å². The molecule has 0 N–H and O–H groups in total. The van der Waals surface area contributed by atoms with Crippen LogP contribution in [0, 0.1) is 6.92 Å². The molecule has 28 heavy (non-hydrogen) atoms. The minimum atomic E-state index is -3.11. The van der Waals surface area contributed by atoms with Crippen LogP contribution in [0.15, 0.2) is 33.7 Å². The maximum atomic E-state index is 13.4. The molecule has 1 saturated carbocycles. The van der Waals surface area contributed by atoms with Crippen molar-refractivity contribution >= 4 is 27.5 Å². The summed E-state index contributed by atoms with van der Waals surface area (Å²) < 4.78 is 30.0. The first kappa shape index (κ1) is 19.4. The fourth-order valence-electron chi connectivity index (χ4n) is 4.11. The molecule has 4 rings (SSSR count). The van der Waals surface area contributed by atoms with Gasteiger partial charge in [-0.1, -0.05) is 30.1 Å². The monoisotopic (exact) mass is 421 g/mol. The van der Waals surface area contributed by atoms with E-state index in [-0.39, 0.29) is 24.2 Å². The number of nitrogens with zero attached hydrogens (tertiary/aromatic N) is 3. The summed E-state index contributed by atoms with van der Waals surface area (Å²) in [7, 11) is -3.11. The summed E-state index contributed by atoms with van der Waals surface area (Å²) in [6, 6.07) is 7.24. The highest BCUT2D eigenvalue weighted by atomic mass is 32.2. The summed E-state index contributed by atoms with van der Waals surface area (Å²) in [5.74, 6) is 1.57. The highest BCUT2D eigenvalue weighted by Gasteiger charge is 2.44. The summed E-state index contributed by atoms with van der Waals surface area (Å²) >= 11 is 1.48. The van der Waals surface area contributed by atoms with Crippen molar-refractivity contribution in [1.29, 1.82) is 0 Å². The number of benzene rings is 1. The van der Waals surface area contributed by atoms with Crippen molar-refractivity contribution in [3.05, 3.63) is 41.5 Å². The molecule has 9 heteroatoms. The average Bonchev–Trinajstić information content (AvgIpc) is 3.12. The summed E-state index contributed by atoms with van der Waals surface area (Å²) in [5.41, 5.74) is 0.608. The molecule has 1 aliphatic carbocycles. The Labute approximate surface area is 168 Å². The van der Waals surface area contributed by atoms with Gasteiger partial charge in [-0.05, 0) is 25.0 Å². The molecular formula is C19H23N3O4S2. The van der Waals surface area contributed by atoms with E-state index in [9.17, 15) is 13.2 Å². The second-order valence-corrected chi connectivity index (χ2v) is 10.6. The van der Waals surface area contributed by atoms with Crippen LogP contribution in [0.5, 0.6) is 0 Å². The molecule has 1 aliphatic heterocycles. The summed E-state index contributed by atoms with van der Waals surface area (Å²) in [5, 5.41) is 3.48. The first-order chi connectivity index (χ1) is 13.5. The zero-order valence-corrected chi connectivity index (χ0v) is 17.3. The average molecular weight is 422 g/mol. The second kappa shape index (κ2) is 7.87. The van der Waals surface area contributed by atoms with Crippen LogP contribution >= 0.6 is 11.8 Å². The molecule has 1 amide bonds. The van der Waals surface area contributed by atoms with Crippen LogP contribution in [0.4, 0.5) is 0 Å². The van der Waals surface area contributed by atoms with E-state index < -0.39 is 15.1 Å². The Morgan fingerprint density at radius 3 is 2.86 bits per heavy atom. The molecule has 2 atom stereocenters. The Kier molecular flexibility index (Phi) is 5.46. The molecule has 2 aliphatic rings.